The van der Waals surface area contributed by atoms with E-state index in [2.05, 4.69) is 25.1 Å². The smallest absolute Gasteiger partial charge is 0.240 e. The predicted octanol–water partition coefficient (Wildman–Crippen LogP) is 3.91. The van der Waals surface area contributed by atoms with E-state index < -0.39 is 5.82 Å². The van der Waals surface area contributed by atoms with E-state index in [1.165, 1.54) is 22.8 Å². The molecule has 0 amide bonds. The molecule has 0 aliphatic rings. The van der Waals surface area contributed by atoms with E-state index in [0.29, 0.717) is 29.0 Å². The number of pyridine rings is 3. The van der Waals surface area contributed by atoms with Crippen molar-refractivity contribution >= 4 is 11.6 Å². The third kappa shape index (κ3) is 3.55. The Morgan fingerprint density at radius 3 is 2.69 bits per heavy atom. The SMILES string of the molecule is CC[C@H](c1ccc(F)cn1)n1cc(-c2ccc(F)c(-c3ccn4nc(N)nc4c3)n2)cn1. The van der Waals surface area contributed by atoms with E-state index in [1.54, 1.807) is 41.3 Å². The molecule has 0 saturated heterocycles. The quantitative estimate of drug-likeness (QED) is 0.452. The lowest BCUT2D eigenvalue weighted by Gasteiger charge is -2.14. The Balaban J connectivity index is 1.50. The molecule has 0 spiro atoms. The second kappa shape index (κ2) is 7.80. The number of aromatic nitrogens is 7. The molecular formula is C22H18F2N8. The van der Waals surface area contributed by atoms with Crippen LogP contribution < -0.4 is 5.73 Å². The number of halogens is 2. The van der Waals surface area contributed by atoms with E-state index in [-0.39, 0.29) is 23.5 Å². The van der Waals surface area contributed by atoms with Crippen molar-refractivity contribution in [1.82, 2.24) is 34.3 Å². The summed E-state index contributed by atoms with van der Waals surface area (Å²) in [5, 5.41) is 8.47. The van der Waals surface area contributed by atoms with E-state index >= 15 is 0 Å². The summed E-state index contributed by atoms with van der Waals surface area (Å²) in [5.74, 6) is -0.711. The molecule has 0 fully saturated rings. The topological polar surface area (TPSA) is 99.8 Å². The third-order valence-electron chi connectivity index (χ3n) is 5.17. The molecule has 0 unspecified atom stereocenters. The Kier molecular flexibility index (Phi) is 4.81. The van der Waals surface area contributed by atoms with Crippen LogP contribution in [0.15, 0.2) is 61.2 Å². The lowest BCUT2D eigenvalue weighted by atomic mass is 10.1. The third-order valence-corrected chi connectivity index (χ3v) is 5.17. The van der Waals surface area contributed by atoms with Gasteiger partial charge in [-0.3, -0.25) is 9.67 Å². The van der Waals surface area contributed by atoms with Gasteiger partial charge in [0.2, 0.25) is 5.95 Å². The van der Waals surface area contributed by atoms with Crippen LogP contribution in [0.3, 0.4) is 0 Å². The van der Waals surface area contributed by atoms with Gasteiger partial charge in [-0.25, -0.2) is 18.3 Å². The van der Waals surface area contributed by atoms with Crippen molar-refractivity contribution in [2.75, 3.05) is 5.73 Å². The Bertz CT molecular complexity index is 1410. The molecule has 8 nitrogen and oxygen atoms in total. The number of nitrogens with zero attached hydrogens (tertiary/aromatic N) is 7. The van der Waals surface area contributed by atoms with Crippen LogP contribution in [0.1, 0.15) is 25.1 Å². The molecule has 0 saturated carbocycles. The molecule has 0 radical (unpaired) electrons. The predicted molar refractivity (Wildman–Crippen MR) is 114 cm³/mol. The highest BCUT2D eigenvalue weighted by Gasteiger charge is 2.17. The summed E-state index contributed by atoms with van der Waals surface area (Å²) in [4.78, 5) is 12.8. The highest BCUT2D eigenvalue weighted by Crippen LogP contribution is 2.27. The van der Waals surface area contributed by atoms with Gasteiger partial charge in [0, 0.05) is 23.5 Å². The van der Waals surface area contributed by atoms with Crippen LogP contribution in [-0.2, 0) is 0 Å². The molecule has 10 heteroatoms. The summed E-state index contributed by atoms with van der Waals surface area (Å²) in [7, 11) is 0. The van der Waals surface area contributed by atoms with Crippen molar-refractivity contribution in [2.45, 2.75) is 19.4 Å². The van der Waals surface area contributed by atoms with E-state index in [4.69, 9.17) is 5.73 Å². The van der Waals surface area contributed by atoms with Gasteiger partial charge in [-0.15, -0.1) is 5.10 Å². The fraction of sp³-hybridized carbons (Fsp3) is 0.136. The number of hydrogen-bond acceptors (Lipinski definition) is 6. The summed E-state index contributed by atoms with van der Waals surface area (Å²) < 4.78 is 31.1. The van der Waals surface area contributed by atoms with Crippen LogP contribution in [0, 0.1) is 11.6 Å². The Morgan fingerprint density at radius 1 is 1.03 bits per heavy atom. The van der Waals surface area contributed by atoms with Crippen molar-refractivity contribution in [3.05, 3.63) is 78.5 Å². The van der Waals surface area contributed by atoms with Gasteiger partial charge >= 0.3 is 0 Å². The van der Waals surface area contributed by atoms with Crippen molar-refractivity contribution in [3.8, 4) is 22.5 Å². The first-order valence-corrected chi connectivity index (χ1v) is 9.96. The van der Waals surface area contributed by atoms with Gasteiger partial charge in [0.1, 0.15) is 17.3 Å². The molecule has 2 N–H and O–H groups in total. The summed E-state index contributed by atoms with van der Waals surface area (Å²) in [6, 6.07) is 9.21. The number of hydrogen-bond donors (Lipinski definition) is 1. The average molecular weight is 432 g/mol. The molecule has 5 heterocycles. The van der Waals surface area contributed by atoms with Crippen LogP contribution >= 0.6 is 0 Å². The zero-order valence-corrected chi connectivity index (χ0v) is 17.0. The van der Waals surface area contributed by atoms with Crippen LogP contribution in [0.5, 0.6) is 0 Å². The number of fused-ring (bicyclic) bond motifs is 1. The molecule has 0 aliphatic carbocycles. The van der Waals surface area contributed by atoms with Gasteiger partial charge in [0.25, 0.3) is 0 Å². The van der Waals surface area contributed by atoms with E-state index in [9.17, 15) is 8.78 Å². The maximum absolute atomic E-state index is 14.6. The van der Waals surface area contributed by atoms with E-state index in [1.807, 2.05) is 13.1 Å². The monoisotopic (exact) mass is 432 g/mol. The Hall–Kier alpha value is -4.21. The standard InChI is InChI=1S/C22H18F2N8/c1-2-19(18-5-3-15(23)11-26-18)32-12-14(10-27-32)17-6-4-16(24)21(28-17)13-7-8-31-20(9-13)29-22(25)30-31/h3-12,19H,2H2,1H3,(H2,25,30)/t19-/m1/s1. The zero-order chi connectivity index (χ0) is 22.2. The summed E-state index contributed by atoms with van der Waals surface area (Å²) in [6.45, 7) is 2.00. The van der Waals surface area contributed by atoms with Gasteiger partial charge in [0.15, 0.2) is 5.65 Å². The summed E-state index contributed by atoms with van der Waals surface area (Å²) in [5.41, 5.74) is 8.86. The Labute approximate surface area is 181 Å². The molecule has 0 aliphatic heterocycles. The first-order valence-electron chi connectivity index (χ1n) is 9.96. The zero-order valence-electron chi connectivity index (χ0n) is 17.0. The van der Waals surface area contributed by atoms with Crippen molar-refractivity contribution in [2.24, 2.45) is 0 Å². The molecule has 1 atom stereocenters. The van der Waals surface area contributed by atoms with Crippen molar-refractivity contribution in [1.29, 1.82) is 0 Å². The fourth-order valence-corrected chi connectivity index (χ4v) is 3.61. The molecule has 160 valence electrons. The molecule has 5 aromatic rings. The first kappa shape index (κ1) is 19.7. The molecular weight excluding hydrogens is 414 g/mol. The lowest BCUT2D eigenvalue weighted by molar-refractivity contribution is 0.495. The highest BCUT2D eigenvalue weighted by atomic mass is 19.1. The maximum atomic E-state index is 14.6. The first-order chi connectivity index (χ1) is 15.5. The molecule has 0 aromatic carbocycles. The van der Waals surface area contributed by atoms with Gasteiger partial charge < -0.3 is 5.73 Å². The van der Waals surface area contributed by atoms with Crippen molar-refractivity contribution < 1.29 is 8.78 Å². The molecule has 5 aromatic heterocycles. The van der Waals surface area contributed by atoms with Crippen LogP contribution in [0.4, 0.5) is 14.7 Å². The second-order valence-electron chi connectivity index (χ2n) is 7.25. The number of rotatable bonds is 5. The van der Waals surface area contributed by atoms with Gasteiger partial charge in [-0.2, -0.15) is 10.1 Å². The number of nitrogens with two attached hydrogens (primary N) is 1. The van der Waals surface area contributed by atoms with Gasteiger partial charge in [0.05, 0.1) is 29.8 Å². The van der Waals surface area contributed by atoms with Crippen LogP contribution in [0.25, 0.3) is 28.2 Å². The van der Waals surface area contributed by atoms with E-state index in [0.717, 1.165) is 5.56 Å². The summed E-state index contributed by atoms with van der Waals surface area (Å²) >= 11 is 0. The normalized spacial score (nSPS) is 12.3. The highest BCUT2D eigenvalue weighted by molar-refractivity contribution is 5.68. The van der Waals surface area contributed by atoms with Gasteiger partial charge in [-0.05, 0) is 42.8 Å². The lowest BCUT2D eigenvalue weighted by Crippen LogP contribution is -2.11. The van der Waals surface area contributed by atoms with Crippen LogP contribution in [-0.4, -0.2) is 34.3 Å². The summed E-state index contributed by atoms with van der Waals surface area (Å²) in [6.07, 6.45) is 7.05. The van der Waals surface area contributed by atoms with Crippen molar-refractivity contribution in [3.63, 3.8) is 0 Å². The minimum absolute atomic E-state index is 0.137. The largest absolute Gasteiger partial charge is 0.366 e. The second-order valence-corrected chi connectivity index (χ2v) is 7.25. The molecule has 32 heavy (non-hydrogen) atoms. The fourth-order valence-electron chi connectivity index (χ4n) is 3.61. The number of anilines is 1. The minimum Gasteiger partial charge on any atom is -0.366 e. The molecule has 5 rings (SSSR count). The maximum Gasteiger partial charge on any atom is 0.240 e. The van der Waals surface area contributed by atoms with Crippen LogP contribution in [0.2, 0.25) is 0 Å². The number of nitrogen functional groups attached to an aromatic ring is 1. The Morgan fingerprint density at radius 2 is 1.91 bits per heavy atom. The van der Waals surface area contributed by atoms with Gasteiger partial charge in [-0.1, -0.05) is 6.92 Å². The molecule has 0 bridgehead atoms. The minimum atomic E-state index is -0.458. The average Bonchev–Trinajstić information content (AvgIpc) is 3.41.